The molecule has 130 valence electrons. The number of anilines is 1. The van der Waals surface area contributed by atoms with Gasteiger partial charge in [-0.05, 0) is 41.5 Å². The summed E-state index contributed by atoms with van der Waals surface area (Å²) >= 11 is 0. The van der Waals surface area contributed by atoms with E-state index in [4.69, 9.17) is 4.74 Å². The number of rotatable bonds is 4. The first-order chi connectivity index (χ1) is 12.0. The van der Waals surface area contributed by atoms with Gasteiger partial charge >= 0.3 is 6.18 Å². The summed E-state index contributed by atoms with van der Waals surface area (Å²) < 4.78 is 43.6. The van der Waals surface area contributed by atoms with Gasteiger partial charge in [0, 0.05) is 24.5 Å². The smallest absolute Gasteiger partial charge is 0.383 e. The maximum Gasteiger partial charge on any atom is 0.416 e. The van der Waals surface area contributed by atoms with Crippen LogP contribution in [0.25, 0.3) is 0 Å². The third kappa shape index (κ3) is 3.35. The van der Waals surface area contributed by atoms with Crippen molar-refractivity contribution in [3.63, 3.8) is 0 Å². The second-order valence-electron chi connectivity index (χ2n) is 6.23. The van der Waals surface area contributed by atoms with E-state index in [1.807, 2.05) is 24.3 Å². The Morgan fingerprint density at radius 3 is 2.32 bits per heavy atom. The van der Waals surface area contributed by atoms with Crippen LogP contribution in [0.1, 0.15) is 22.8 Å². The molecule has 0 spiro atoms. The zero-order valence-electron chi connectivity index (χ0n) is 13.3. The molecule has 0 saturated carbocycles. The quantitative estimate of drug-likeness (QED) is 0.869. The molecule has 6 heteroatoms. The molecular formula is C19H17F3N2O. The van der Waals surface area contributed by atoms with Crippen LogP contribution in [0.2, 0.25) is 0 Å². The average Bonchev–Trinajstić information content (AvgIpc) is 3.23. The van der Waals surface area contributed by atoms with Gasteiger partial charge in [-0.2, -0.15) is 13.2 Å². The van der Waals surface area contributed by atoms with E-state index in [1.54, 1.807) is 0 Å². The van der Waals surface area contributed by atoms with Crippen LogP contribution in [0.15, 0.2) is 60.3 Å². The van der Waals surface area contributed by atoms with Gasteiger partial charge in [0.1, 0.15) is 6.10 Å². The molecule has 2 atom stereocenters. The number of hydrogen-bond donors (Lipinski definition) is 2. The molecule has 2 aromatic carbocycles. The number of fused-ring (bicyclic) bond motifs is 1. The number of morpholine rings is 1. The molecule has 0 aliphatic carbocycles. The van der Waals surface area contributed by atoms with Gasteiger partial charge in [0.25, 0.3) is 0 Å². The molecule has 2 bridgehead atoms. The Kier molecular flexibility index (Phi) is 3.92. The van der Waals surface area contributed by atoms with Crippen molar-refractivity contribution in [1.29, 1.82) is 0 Å². The lowest BCUT2D eigenvalue weighted by Crippen LogP contribution is -2.28. The lowest BCUT2D eigenvalue weighted by Gasteiger charge is -2.23. The molecule has 2 aliphatic rings. The Bertz CT molecular complexity index is 782. The highest BCUT2D eigenvalue weighted by atomic mass is 19.4. The van der Waals surface area contributed by atoms with Crippen molar-refractivity contribution in [3.05, 3.63) is 77.0 Å². The van der Waals surface area contributed by atoms with E-state index in [0.29, 0.717) is 6.54 Å². The summed E-state index contributed by atoms with van der Waals surface area (Å²) in [7, 11) is 0. The van der Waals surface area contributed by atoms with Crippen LogP contribution in [-0.2, 0) is 17.5 Å². The largest absolute Gasteiger partial charge is 0.416 e. The van der Waals surface area contributed by atoms with E-state index in [1.165, 1.54) is 12.1 Å². The Balaban J connectivity index is 1.36. The van der Waals surface area contributed by atoms with E-state index in [9.17, 15) is 13.2 Å². The SMILES string of the molecule is FC(F)(F)c1ccc(CNc2ccc([C@H]3O[C@H]4C=C3NC4)cc2)cc1. The molecule has 0 saturated heterocycles. The fraction of sp³-hybridized carbons (Fsp3) is 0.263. The Morgan fingerprint density at radius 2 is 1.76 bits per heavy atom. The number of halogens is 3. The summed E-state index contributed by atoms with van der Waals surface area (Å²) in [6.07, 6.45) is -2.05. The summed E-state index contributed by atoms with van der Waals surface area (Å²) in [5.74, 6) is 0. The molecule has 0 amide bonds. The topological polar surface area (TPSA) is 33.3 Å². The summed E-state index contributed by atoms with van der Waals surface area (Å²) in [6.45, 7) is 1.31. The molecular weight excluding hydrogens is 329 g/mol. The average molecular weight is 346 g/mol. The van der Waals surface area contributed by atoms with Crippen molar-refractivity contribution in [2.45, 2.75) is 24.9 Å². The molecule has 2 aliphatic heterocycles. The van der Waals surface area contributed by atoms with Gasteiger partial charge < -0.3 is 15.4 Å². The van der Waals surface area contributed by atoms with Gasteiger partial charge in [0.2, 0.25) is 0 Å². The lowest BCUT2D eigenvalue weighted by atomic mass is 10.1. The zero-order chi connectivity index (χ0) is 17.4. The van der Waals surface area contributed by atoms with Crippen LogP contribution in [0.3, 0.4) is 0 Å². The number of ether oxygens (including phenoxy) is 1. The van der Waals surface area contributed by atoms with E-state index in [-0.39, 0.29) is 12.2 Å². The van der Waals surface area contributed by atoms with E-state index < -0.39 is 11.7 Å². The minimum atomic E-state index is -4.30. The fourth-order valence-electron chi connectivity index (χ4n) is 3.10. The molecule has 0 unspecified atom stereocenters. The van der Waals surface area contributed by atoms with Gasteiger partial charge in [-0.15, -0.1) is 0 Å². The maximum absolute atomic E-state index is 12.6. The maximum atomic E-state index is 12.6. The number of alkyl halides is 3. The predicted molar refractivity (Wildman–Crippen MR) is 88.9 cm³/mol. The minimum Gasteiger partial charge on any atom is -0.383 e. The molecule has 0 aromatic heterocycles. The zero-order valence-corrected chi connectivity index (χ0v) is 13.3. The van der Waals surface area contributed by atoms with Crippen LogP contribution >= 0.6 is 0 Å². The van der Waals surface area contributed by atoms with Gasteiger partial charge in [0.15, 0.2) is 0 Å². The first-order valence-electron chi connectivity index (χ1n) is 8.10. The van der Waals surface area contributed by atoms with Crippen LogP contribution < -0.4 is 10.6 Å². The van der Waals surface area contributed by atoms with Crippen molar-refractivity contribution < 1.29 is 17.9 Å². The van der Waals surface area contributed by atoms with E-state index >= 15 is 0 Å². The fourth-order valence-corrected chi connectivity index (χ4v) is 3.10. The molecule has 0 radical (unpaired) electrons. The van der Waals surface area contributed by atoms with Crippen LogP contribution in [0.4, 0.5) is 18.9 Å². The molecule has 0 fully saturated rings. The summed E-state index contributed by atoms with van der Waals surface area (Å²) in [5, 5.41) is 6.54. The van der Waals surface area contributed by atoms with Crippen LogP contribution in [0, 0.1) is 0 Å². The second-order valence-corrected chi connectivity index (χ2v) is 6.23. The Morgan fingerprint density at radius 1 is 1.04 bits per heavy atom. The Hall–Kier alpha value is -2.47. The molecule has 2 aromatic rings. The standard InChI is InChI=1S/C19H17F3N2O/c20-19(21,22)14-5-1-12(2-6-14)10-23-15-7-3-13(4-8-15)18-17-9-16(25-18)11-24-17/h1-9,16,18,23-24H,10-11H2/t16-,18+/m0/s1. The highest BCUT2D eigenvalue weighted by Crippen LogP contribution is 2.35. The van der Waals surface area contributed by atoms with Crippen LogP contribution in [-0.4, -0.2) is 12.6 Å². The highest BCUT2D eigenvalue weighted by molar-refractivity contribution is 5.47. The number of benzene rings is 2. The summed E-state index contributed by atoms with van der Waals surface area (Å²) in [5.41, 5.74) is 3.28. The monoisotopic (exact) mass is 346 g/mol. The first kappa shape index (κ1) is 16.0. The van der Waals surface area contributed by atoms with Gasteiger partial charge in [-0.3, -0.25) is 0 Å². The van der Waals surface area contributed by atoms with E-state index in [2.05, 4.69) is 16.7 Å². The molecule has 3 nitrogen and oxygen atoms in total. The summed E-state index contributed by atoms with van der Waals surface area (Å²) in [6, 6.07) is 13.1. The second kappa shape index (κ2) is 6.11. The van der Waals surface area contributed by atoms with Crippen molar-refractivity contribution in [2.75, 3.05) is 11.9 Å². The third-order valence-corrected chi connectivity index (χ3v) is 4.46. The highest BCUT2D eigenvalue weighted by Gasteiger charge is 2.33. The van der Waals surface area contributed by atoms with Gasteiger partial charge in [-0.25, -0.2) is 0 Å². The van der Waals surface area contributed by atoms with Crippen molar-refractivity contribution >= 4 is 5.69 Å². The molecule has 25 heavy (non-hydrogen) atoms. The van der Waals surface area contributed by atoms with Crippen LogP contribution in [0.5, 0.6) is 0 Å². The van der Waals surface area contributed by atoms with Gasteiger partial charge in [0.05, 0.1) is 11.7 Å². The first-order valence-corrected chi connectivity index (χ1v) is 8.10. The predicted octanol–water partition coefficient (Wildman–Crippen LogP) is 4.24. The number of nitrogens with one attached hydrogen (secondary N) is 2. The third-order valence-electron chi connectivity index (χ3n) is 4.46. The van der Waals surface area contributed by atoms with Gasteiger partial charge in [-0.1, -0.05) is 24.3 Å². The van der Waals surface area contributed by atoms with E-state index in [0.717, 1.165) is 41.2 Å². The lowest BCUT2D eigenvalue weighted by molar-refractivity contribution is -0.137. The minimum absolute atomic E-state index is 0.0253. The van der Waals surface area contributed by atoms with Crippen molar-refractivity contribution in [1.82, 2.24) is 5.32 Å². The summed E-state index contributed by atoms with van der Waals surface area (Å²) in [4.78, 5) is 0. The normalized spacial score (nSPS) is 21.8. The van der Waals surface area contributed by atoms with Crippen molar-refractivity contribution in [2.24, 2.45) is 0 Å². The van der Waals surface area contributed by atoms with Crippen molar-refractivity contribution in [3.8, 4) is 0 Å². The molecule has 4 rings (SSSR count). The Labute approximate surface area is 143 Å². The molecule has 2 N–H and O–H groups in total. The molecule has 2 heterocycles. The number of hydrogen-bond acceptors (Lipinski definition) is 3.